The fourth-order valence-electron chi connectivity index (χ4n) is 1.52. The molecule has 1 aromatic carbocycles. The molecule has 0 atom stereocenters. The van der Waals surface area contributed by atoms with Crippen molar-refractivity contribution in [1.29, 1.82) is 0 Å². The van der Waals surface area contributed by atoms with E-state index in [-0.39, 0.29) is 16.7 Å². The van der Waals surface area contributed by atoms with E-state index in [9.17, 15) is 4.79 Å². The first-order valence-electron chi connectivity index (χ1n) is 6.50. The van der Waals surface area contributed by atoms with Crippen LogP contribution < -0.4 is 5.32 Å². The summed E-state index contributed by atoms with van der Waals surface area (Å²) in [6.45, 7) is 10.5. The van der Waals surface area contributed by atoms with Gasteiger partial charge in [0.2, 0.25) is 11.6 Å². The summed E-state index contributed by atoms with van der Waals surface area (Å²) < 4.78 is 5.72. The van der Waals surface area contributed by atoms with Crippen LogP contribution in [0, 0.1) is 0 Å². The van der Waals surface area contributed by atoms with Crippen LogP contribution in [0.2, 0.25) is 23.2 Å². The summed E-state index contributed by atoms with van der Waals surface area (Å²) in [4.78, 5) is 12.2. The van der Waals surface area contributed by atoms with Crippen LogP contribution in [0.4, 0.5) is 5.69 Å². The van der Waals surface area contributed by atoms with E-state index in [2.05, 4.69) is 44.3 Å². The first kappa shape index (κ1) is 15.1. The lowest BCUT2D eigenvalue weighted by Crippen LogP contribution is -2.39. The highest BCUT2D eigenvalue weighted by Crippen LogP contribution is 2.37. The van der Waals surface area contributed by atoms with Gasteiger partial charge in [0.05, 0.1) is 16.3 Å². The van der Waals surface area contributed by atoms with Crippen molar-refractivity contribution >= 4 is 37.2 Å². The number of anilines is 1. The van der Waals surface area contributed by atoms with E-state index in [1.165, 1.54) is 0 Å². The summed E-state index contributed by atoms with van der Waals surface area (Å²) in [5.41, 5.74) is 1.15. The van der Waals surface area contributed by atoms with Gasteiger partial charge in [-0.3, -0.25) is 4.79 Å². The van der Waals surface area contributed by atoms with Gasteiger partial charge in [-0.25, -0.2) is 0 Å². The number of halogens is 1. The fourth-order valence-corrected chi connectivity index (χ4v) is 2.38. The molecule has 0 amide bonds. The van der Waals surface area contributed by atoms with Crippen LogP contribution in [0.3, 0.4) is 0 Å². The normalized spacial score (nSPS) is 17.1. The van der Waals surface area contributed by atoms with E-state index in [0.29, 0.717) is 16.3 Å². The maximum absolute atomic E-state index is 12.2. The first-order chi connectivity index (χ1) is 9.13. The predicted octanol–water partition coefficient (Wildman–Crippen LogP) is 4.28. The Morgan fingerprint density at radius 3 is 2.50 bits per heavy atom. The number of carbonyl (C=O) groups excluding carboxylic acids is 1. The third kappa shape index (κ3) is 2.60. The molecular weight excluding hydrogens is 292 g/mol. The van der Waals surface area contributed by atoms with Gasteiger partial charge in [-0.15, -0.1) is 0 Å². The van der Waals surface area contributed by atoms with Crippen LogP contribution in [0.15, 0.2) is 23.4 Å². The lowest BCUT2D eigenvalue weighted by atomic mass is 10.1. The maximum Gasteiger partial charge on any atom is 0.286 e. The second-order valence-electron chi connectivity index (χ2n) is 6.41. The Kier molecular flexibility index (Phi) is 3.69. The Labute approximate surface area is 125 Å². The van der Waals surface area contributed by atoms with Crippen LogP contribution in [-0.4, -0.2) is 19.9 Å². The Hall–Kier alpha value is -1.33. The van der Waals surface area contributed by atoms with E-state index in [1.807, 2.05) is 0 Å². The van der Waals surface area contributed by atoms with Gasteiger partial charge in [0.15, 0.2) is 0 Å². The van der Waals surface area contributed by atoms with Gasteiger partial charge in [-0.2, -0.15) is 0 Å². The molecule has 1 aliphatic rings. The third-order valence-corrected chi connectivity index (χ3v) is 8.36. The molecule has 1 aromatic rings. The van der Waals surface area contributed by atoms with Crippen molar-refractivity contribution in [2.75, 3.05) is 5.32 Å². The number of rotatable bonds is 2. The van der Waals surface area contributed by atoms with Gasteiger partial charge in [0, 0.05) is 0 Å². The van der Waals surface area contributed by atoms with Gasteiger partial charge < -0.3 is 9.84 Å². The summed E-state index contributed by atoms with van der Waals surface area (Å²) in [5, 5.41) is 7.48. The van der Waals surface area contributed by atoms with Gasteiger partial charge in [-0.1, -0.05) is 43.6 Å². The first-order valence-corrected chi connectivity index (χ1v) is 9.78. The average molecular weight is 311 g/mol. The minimum atomic E-state index is -2.03. The molecule has 0 saturated heterocycles. The van der Waals surface area contributed by atoms with Crippen LogP contribution in [-0.2, 0) is 4.53 Å². The van der Waals surface area contributed by atoms with Crippen molar-refractivity contribution in [2.24, 2.45) is 5.16 Å². The van der Waals surface area contributed by atoms with Crippen molar-refractivity contribution in [3.8, 4) is 0 Å². The van der Waals surface area contributed by atoms with E-state index in [4.69, 9.17) is 16.1 Å². The number of nitrogens with zero attached hydrogens (tertiary/aromatic N) is 1. The molecule has 1 N–H and O–H groups in total. The Morgan fingerprint density at radius 2 is 1.95 bits per heavy atom. The molecule has 1 heterocycles. The molecule has 0 radical (unpaired) electrons. The molecule has 0 spiro atoms. The van der Waals surface area contributed by atoms with Crippen LogP contribution in [0.5, 0.6) is 0 Å². The van der Waals surface area contributed by atoms with E-state index in [1.54, 1.807) is 18.2 Å². The van der Waals surface area contributed by atoms with Crippen molar-refractivity contribution in [2.45, 2.75) is 38.9 Å². The SMILES string of the molecule is CC(C)(C)[Si](C)(C)ON=C1Nc2cccc(Cl)c2C1=O. The molecule has 2 rings (SSSR count). The summed E-state index contributed by atoms with van der Waals surface area (Å²) in [6.07, 6.45) is 0. The predicted molar refractivity (Wildman–Crippen MR) is 85.1 cm³/mol. The standard InChI is InChI=1S/C14H19ClN2O2Si/c1-14(2,3)20(4,5)19-17-13-12(18)11-9(15)7-6-8-10(11)16-13/h6-8H,1-5H3,(H,16,17,18). The molecule has 108 valence electrons. The quantitative estimate of drug-likeness (QED) is 0.655. The second-order valence-corrected chi connectivity index (χ2v) is 11.5. The van der Waals surface area contributed by atoms with Crippen LogP contribution in [0.25, 0.3) is 0 Å². The lowest BCUT2D eigenvalue weighted by molar-refractivity contribution is 0.106. The van der Waals surface area contributed by atoms with E-state index in [0.717, 1.165) is 0 Å². The summed E-state index contributed by atoms with van der Waals surface area (Å²) in [6, 6.07) is 5.28. The average Bonchev–Trinajstić information content (AvgIpc) is 2.64. The van der Waals surface area contributed by atoms with Crippen LogP contribution >= 0.6 is 11.6 Å². The monoisotopic (exact) mass is 310 g/mol. The van der Waals surface area contributed by atoms with Gasteiger partial charge in [0.25, 0.3) is 8.32 Å². The highest BCUT2D eigenvalue weighted by Gasteiger charge is 2.40. The van der Waals surface area contributed by atoms with Gasteiger partial charge >= 0.3 is 0 Å². The Bertz CT molecular complexity index is 591. The molecule has 0 fully saturated rings. The van der Waals surface area contributed by atoms with E-state index < -0.39 is 8.32 Å². The van der Waals surface area contributed by atoms with Crippen molar-refractivity contribution in [1.82, 2.24) is 0 Å². The van der Waals surface area contributed by atoms with E-state index >= 15 is 0 Å². The zero-order valence-corrected chi connectivity index (χ0v) is 14.1. The number of oxime groups is 1. The number of fused-ring (bicyclic) bond motifs is 1. The van der Waals surface area contributed by atoms with Gasteiger partial charge in [-0.05, 0) is 30.3 Å². The third-order valence-electron chi connectivity index (χ3n) is 3.88. The molecule has 6 heteroatoms. The number of hydrogen-bond acceptors (Lipinski definition) is 3. The molecule has 0 aliphatic carbocycles. The molecule has 4 nitrogen and oxygen atoms in total. The van der Waals surface area contributed by atoms with Crippen molar-refractivity contribution < 1.29 is 9.32 Å². The largest absolute Gasteiger partial charge is 0.453 e. The number of Topliss-reactive ketones (excluding diaryl/α,β-unsaturated/α-hetero) is 1. The summed E-state index contributed by atoms with van der Waals surface area (Å²) in [7, 11) is -2.03. The van der Waals surface area contributed by atoms with Crippen LogP contribution in [0.1, 0.15) is 31.1 Å². The molecule has 0 bridgehead atoms. The number of carbonyl (C=O) groups is 1. The number of ketones is 1. The highest BCUT2D eigenvalue weighted by molar-refractivity contribution is 6.74. The number of amidine groups is 1. The zero-order valence-electron chi connectivity index (χ0n) is 12.4. The van der Waals surface area contributed by atoms with Crippen molar-refractivity contribution in [3.05, 3.63) is 28.8 Å². The summed E-state index contributed by atoms with van der Waals surface area (Å²) in [5.74, 6) is -0.0118. The summed E-state index contributed by atoms with van der Waals surface area (Å²) >= 11 is 6.04. The smallest absolute Gasteiger partial charge is 0.286 e. The van der Waals surface area contributed by atoms with Crippen molar-refractivity contribution in [3.63, 3.8) is 0 Å². The second kappa shape index (κ2) is 4.89. The van der Waals surface area contributed by atoms with Gasteiger partial charge in [0.1, 0.15) is 0 Å². The fraction of sp³-hybridized carbons (Fsp3) is 0.429. The lowest BCUT2D eigenvalue weighted by Gasteiger charge is -2.33. The highest BCUT2D eigenvalue weighted by atomic mass is 35.5. The Balaban J connectivity index is 2.24. The molecule has 20 heavy (non-hydrogen) atoms. The minimum absolute atomic E-state index is 0.0310. The molecule has 0 aromatic heterocycles. The zero-order chi connectivity index (χ0) is 15.1. The minimum Gasteiger partial charge on any atom is -0.453 e. The number of benzene rings is 1. The number of hydrogen-bond donors (Lipinski definition) is 1. The number of nitrogens with one attached hydrogen (secondary N) is 1. The molecule has 0 saturated carbocycles. The Morgan fingerprint density at radius 1 is 1.30 bits per heavy atom. The maximum atomic E-state index is 12.2. The molecule has 1 aliphatic heterocycles. The topological polar surface area (TPSA) is 50.7 Å². The molecular formula is C14H19ClN2O2Si. The molecule has 0 unspecified atom stereocenters.